The highest BCUT2D eigenvalue weighted by Crippen LogP contribution is 2.24. The van der Waals surface area contributed by atoms with E-state index in [1.54, 1.807) is 4.90 Å². The maximum Gasteiger partial charge on any atom is 0.236 e. The third-order valence-electron chi connectivity index (χ3n) is 4.72. The molecule has 3 aromatic carbocycles. The highest BCUT2D eigenvalue weighted by Gasteiger charge is 2.20. The van der Waals surface area contributed by atoms with Crippen LogP contribution in [0.15, 0.2) is 84.9 Å². The number of anilines is 2. The maximum atomic E-state index is 13.0. The van der Waals surface area contributed by atoms with Crippen LogP contribution in [0.1, 0.15) is 37.3 Å². The molecule has 0 bridgehead atoms. The molecule has 2 amide bonds. The fourth-order valence-corrected chi connectivity index (χ4v) is 3.24. The van der Waals surface area contributed by atoms with Crippen molar-refractivity contribution in [3.63, 3.8) is 0 Å². The standard InChI is InChI=1S/C25H26N2O2/c1-19(2)22-15-9-10-16-23(22)26-24(28)17-25(29)27(21-13-7-4-8-14-21)18-20-11-5-3-6-12-20/h3-16,19H,17-18H2,1-2H3,(H,26,28). The van der Waals surface area contributed by atoms with Gasteiger partial charge in [0.05, 0.1) is 6.54 Å². The molecule has 0 radical (unpaired) electrons. The van der Waals surface area contributed by atoms with E-state index in [0.717, 1.165) is 22.5 Å². The van der Waals surface area contributed by atoms with Gasteiger partial charge in [-0.15, -0.1) is 0 Å². The Morgan fingerprint density at radius 3 is 2.07 bits per heavy atom. The van der Waals surface area contributed by atoms with Crippen molar-refractivity contribution < 1.29 is 9.59 Å². The Labute approximate surface area is 172 Å². The molecule has 148 valence electrons. The summed E-state index contributed by atoms with van der Waals surface area (Å²) >= 11 is 0. The fraction of sp³-hybridized carbons (Fsp3) is 0.200. The summed E-state index contributed by atoms with van der Waals surface area (Å²) in [6.45, 7) is 4.57. The highest BCUT2D eigenvalue weighted by molar-refractivity contribution is 6.09. The molecule has 0 heterocycles. The first kappa shape index (κ1) is 20.3. The average Bonchev–Trinajstić information content (AvgIpc) is 2.73. The number of hydrogen-bond donors (Lipinski definition) is 1. The van der Waals surface area contributed by atoms with Gasteiger partial charge in [-0.1, -0.05) is 80.6 Å². The van der Waals surface area contributed by atoms with Crippen molar-refractivity contribution in [1.82, 2.24) is 0 Å². The second-order valence-electron chi connectivity index (χ2n) is 7.27. The van der Waals surface area contributed by atoms with E-state index >= 15 is 0 Å². The Morgan fingerprint density at radius 1 is 0.828 bits per heavy atom. The normalized spacial score (nSPS) is 10.6. The number of hydrogen-bond acceptors (Lipinski definition) is 2. The number of benzene rings is 3. The molecule has 0 saturated carbocycles. The summed E-state index contributed by atoms with van der Waals surface area (Å²) in [7, 11) is 0. The van der Waals surface area contributed by atoms with Crippen LogP contribution in [0.2, 0.25) is 0 Å². The summed E-state index contributed by atoms with van der Waals surface area (Å²) in [5, 5.41) is 2.91. The smallest absolute Gasteiger partial charge is 0.236 e. The lowest BCUT2D eigenvalue weighted by molar-refractivity contribution is -0.125. The Balaban J connectivity index is 1.75. The van der Waals surface area contributed by atoms with Crippen LogP contribution in [0.3, 0.4) is 0 Å². The highest BCUT2D eigenvalue weighted by atomic mass is 16.2. The minimum absolute atomic E-state index is 0.214. The van der Waals surface area contributed by atoms with Crippen molar-refractivity contribution in [1.29, 1.82) is 0 Å². The molecule has 3 aromatic rings. The number of nitrogens with zero attached hydrogens (tertiary/aromatic N) is 1. The van der Waals surface area contributed by atoms with Gasteiger partial charge in [-0.2, -0.15) is 0 Å². The lowest BCUT2D eigenvalue weighted by atomic mass is 10.0. The van der Waals surface area contributed by atoms with Crippen molar-refractivity contribution in [2.75, 3.05) is 10.2 Å². The minimum atomic E-state index is -0.308. The Hall–Kier alpha value is -3.40. The van der Waals surface area contributed by atoms with E-state index in [2.05, 4.69) is 19.2 Å². The molecule has 0 aromatic heterocycles. The first-order valence-electron chi connectivity index (χ1n) is 9.82. The summed E-state index contributed by atoms with van der Waals surface area (Å²) in [6.07, 6.45) is -0.214. The lowest BCUT2D eigenvalue weighted by Gasteiger charge is -2.23. The predicted molar refractivity (Wildman–Crippen MR) is 118 cm³/mol. The molecule has 29 heavy (non-hydrogen) atoms. The number of carbonyl (C=O) groups is 2. The number of rotatable bonds is 7. The quantitative estimate of drug-likeness (QED) is 0.555. The summed E-state index contributed by atoms with van der Waals surface area (Å²) in [5.41, 5.74) is 3.60. The van der Waals surface area contributed by atoms with Crippen molar-refractivity contribution >= 4 is 23.2 Å². The van der Waals surface area contributed by atoms with Gasteiger partial charge in [-0.3, -0.25) is 9.59 Å². The molecule has 4 heteroatoms. The van der Waals surface area contributed by atoms with E-state index in [4.69, 9.17) is 0 Å². The second kappa shape index (κ2) is 9.69. The lowest BCUT2D eigenvalue weighted by Crippen LogP contribution is -2.33. The van der Waals surface area contributed by atoms with Crippen molar-refractivity contribution in [3.8, 4) is 0 Å². The molecule has 0 fully saturated rings. The average molecular weight is 386 g/mol. The van der Waals surface area contributed by atoms with Crippen LogP contribution < -0.4 is 10.2 Å². The molecule has 0 atom stereocenters. The van der Waals surface area contributed by atoms with Crippen molar-refractivity contribution in [2.24, 2.45) is 0 Å². The topological polar surface area (TPSA) is 49.4 Å². The number of nitrogens with one attached hydrogen (secondary N) is 1. The van der Waals surface area contributed by atoms with Gasteiger partial charge in [0, 0.05) is 11.4 Å². The molecular formula is C25H26N2O2. The van der Waals surface area contributed by atoms with Crippen LogP contribution >= 0.6 is 0 Å². The summed E-state index contributed by atoms with van der Waals surface area (Å²) in [5.74, 6) is -0.266. The molecule has 0 aliphatic carbocycles. The molecule has 1 N–H and O–H groups in total. The second-order valence-corrected chi connectivity index (χ2v) is 7.27. The zero-order valence-electron chi connectivity index (χ0n) is 16.8. The third kappa shape index (κ3) is 5.55. The van der Waals surface area contributed by atoms with Gasteiger partial charge >= 0.3 is 0 Å². The Kier molecular flexibility index (Phi) is 6.80. The molecule has 3 rings (SSSR count). The summed E-state index contributed by atoms with van der Waals surface area (Å²) in [6, 6.07) is 26.9. The SMILES string of the molecule is CC(C)c1ccccc1NC(=O)CC(=O)N(Cc1ccccc1)c1ccccc1. The van der Waals surface area contributed by atoms with E-state index in [1.165, 1.54) is 0 Å². The molecule has 0 saturated heterocycles. The van der Waals surface area contributed by atoms with E-state index in [-0.39, 0.29) is 24.2 Å². The number of amides is 2. The van der Waals surface area contributed by atoms with Crippen LogP contribution in [-0.4, -0.2) is 11.8 Å². The van der Waals surface area contributed by atoms with E-state index in [9.17, 15) is 9.59 Å². The fourth-order valence-electron chi connectivity index (χ4n) is 3.24. The van der Waals surface area contributed by atoms with Crippen LogP contribution in [-0.2, 0) is 16.1 Å². The molecule has 0 unspecified atom stereocenters. The Bertz CT molecular complexity index is 953. The minimum Gasteiger partial charge on any atom is -0.325 e. The van der Waals surface area contributed by atoms with Crippen LogP contribution in [0.4, 0.5) is 11.4 Å². The van der Waals surface area contributed by atoms with Crippen LogP contribution in [0.5, 0.6) is 0 Å². The van der Waals surface area contributed by atoms with Crippen molar-refractivity contribution in [2.45, 2.75) is 32.7 Å². The van der Waals surface area contributed by atoms with Crippen LogP contribution in [0, 0.1) is 0 Å². The van der Waals surface area contributed by atoms with Gasteiger partial charge in [0.15, 0.2) is 0 Å². The number of para-hydroxylation sites is 2. The predicted octanol–water partition coefficient (Wildman–Crippen LogP) is 5.37. The number of carbonyl (C=O) groups excluding carboxylic acids is 2. The van der Waals surface area contributed by atoms with Gasteiger partial charge in [0.25, 0.3) is 0 Å². The summed E-state index contributed by atoms with van der Waals surface area (Å²) in [4.78, 5) is 27.3. The van der Waals surface area contributed by atoms with E-state index in [0.29, 0.717) is 6.54 Å². The van der Waals surface area contributed by atoms with Gasteiger partial charge < -0.3 is 10.2 Å². The maximum absolute atomic E-state index is 13.0. The van der Waals surface area contributed by atoms with Crippen molar-refractivity contribution in [3.05, 3.63) is 96.1 Å². The largest absolute Gasteiger partial charge is 0.325 e. The zero-order chi connectivity index (χ0) is 20.6. The monoisotopic (exact) mass is 386 g/mol. The van der Waals surface area contributed by atoms with Crippen LogP contribution in [0.25, 0.3) is 0 Å². The van der Waals surface area contributed by atoms with Gasteiger partial charge in [0.1, 0.15) is 6.42 Å². The van der Waals surface area contributed by atoms with Gasteiger partial charge in [0.2, 0.25) is 11.8 Å². The molecule has 0 aliphatic rings. The van der Waals surface area contributed by atoms with E-state index < -0.39 is 0 Å². The Morgan fingerprint density at radius 2 is 1.41 bits per heavy atom. The van der Waals surface area contributed by atoms with E-state index in [1.807, 2.05) is 84.9 Å². The molecule has 4 nitrogen and oxygen atoms in total. The first-order valence-corrected chi connectivity index (χ1v) is 9.82. The molecular weight excluding hydrogens is 360 g/mol. The van der Waals surface area contributed by atoms with Gasteiger partial charge in [-0.25, -0.2) is 0 Å². The molecule has 0 aliphatic heterocycles. The zero-order valence-corrected chi connectivity index (χ0v) is 16.8. The first-order chi connectivity index (χ1) is 14.0. The van der Waals surface area contributed by atoms with Gasteiger partial charge in [-0.05, 0) is 35.2 Å². The third-order valence-corrected chi connectivity index (χ3v) is 4.72. The molecule has 0 spiro atoms. The summed E-state index contributed by atoms with van der Waals surface area (Å²) < 4.78 is 0.